The maximum absolute atomic E-state index is 9.43. The lowest BCUT2D eigenvalue weighted by molar-refractivity contribution is 0.474. The molecular formula is C18H19NO2. The third kappa shape index (κ3) is 3.72. The average Bonchev–Trinajstić information content (AvgIpc) is 2.45. The van der Waals surface area contributed by atoms with E-state index in [0.717, 1.165) is 16.6 Å². The van der Waals surface area contributed by atoms with Gasteiger partial charge in [0.1, 0.15) is 17.0 Å². The summed E-state index contributed by atoms with van der Waals surface area (Å²) in [5.41, 5.74) is 3.95. The SMILES string of the molecule is Cc1ccc(O)cc1C.Cc1ccc2cccc(O)c2n1. The molecule has 0 aliphatic rings. The molecule has 3 aromatic rings. The highest BCUT2D eigenvalue weighted by Gasteiger charge is 1.98. The predicted molar refractivity (Wildman–Crippen MR) is 85.7 cm³/mol. The number of aromatic nitrogens is 1. The Labute approximate surface area is 124 Å². The van der Waals surface area contributed by atoms with E-state index in [-0.39, 0.29) is 5.75 Å². The summed E-state index contributed by atoms with van der Waals surface area (Å²) in [4.78, 5) is 4.23. The zero-order chi connectivity index (χ0) is 15.4. The van der Waals surface area contributed by atoms with Gasteiger partial charge in [-0.2, -0.15) is 0 Å². The summed E-state index contributed by atoms with van der Waals surface area (Å²) in [6.07, 6.45) is 0. The molecule has 0 aliphatic carbocycles. The number of aryl methyl sites for hydroxylation is 3. The molecule has 1 heterocycles. The second kappa shape index (κ2) is 6.27. The number of hydrogen-bond donors (Lipinski definition) is 2. The fraction of sp³-hybridized carbons (Fsp3) is 0.167. The molecule has 108 valence electrons. The second-order valence-corrected chi connectivity index (χ2v) is 5.07. The fourth-order valence-corrected chi connectivity index (χ4v) is 1.95. The Morgan fingerprint density at radius 2 is 1.57 bits per heavy atom. The topological polar surface area (TPSA) is 53.4 Å². The van der Waals surface area contributed by atoms with Crippen molar-refractivity contribution in [2.75, 3.05) is 0 Å². The smallest absolute Gasteiger partial charge is 0.141 e. The Bertz CT molecular complexity index is 766. The minimum absolute atomic E-state index is 0.246. The van der Waals surface area contributed by atoms with E-state index in [4.69, 9.17) is 5.11 Å². The van der Waals surface area contributed by atoms with Crippen molar-refractivity contribution >= 4 is 10.9 Å². The summed E-state index contributed by atoms with van der Waals surface area (Å²) in [6, 6.07) is 14.6. The van der Waals surface area contributed by atoms with E-state index in [1.807, 2.05) is 51.1 Å². The first-order chi connectivity index (χ1) is 9.97. The summed E-state index contributed by atoms with van der Waals surface area (Å²) in [7, 11) is 0. The molecule has 1 aromatic heterocycles. The van der Waals surface area contributed by atoms with Gasteiger partial charge in [-0.1, -0.05) is 24.3 Å². The highest BCUT2D eigenvalue weighted by atomic mass is 16.3. The first-order valence-corrected chi connectivity index (χ1v) is 6.79. The van der Waals surface area contributed by atoms with Crippen LogP contribution in [0.4, 0.5) is 0 Å². The average molecular weight is 281 g/mol. The van der Waals surface area contributed by atoms with Gasteiger partial charge in [0.15, 0.2) is 0 Å². The number of phenolic OH excluding ortho intramolecular Hbond substituents is 2. The number of nitrogens with zero attached hydrogens (tertiary/aromatic N) is 1. The van der Waals surface area contributed by atoms with E-state index < -0.39 is 0 Å². The maximum atomic E-state index is 9.43. The largest absolute Gasteiger partial charge is 0.508 e. The molecule has 0 amide bonds. The number of benzene rings is 2. The lowest BCUT2D eigenvalue weighted by Crippen LogP contribution is -1.82. The zero-order valence-corrected chi connectivity index (χ0v) is 12.5. The van der Waals surface area contributed by atoms with Gasteiger partial charge < -0.3 is 10.2 Å². The molecule has 2 aromatic carbocycles. The molecule has 3 heteroatoms. The molecular weight excluding hydrogens is 262 g/mol. The summed E-state index contributed by atoms with van der Waals surface area (Å²) in [6.45, 7) is 5.91. The Hall–Kier alpha value is -2.55. The minimum atomic E-state index is 0.246. The number of fused-ring (bicyclic) bond motifs is 1. The number of hydrogen-bond acceptors (Lipinski definition) is 3. The third-order valence-electron chi connectivity index (χ3n) is 3.33. The Kier molecular flexibility index (Phi) is 4.43. The Morgan fingerprint density at radius 3 is 2.24 bits per heavy atom. The number of pyridine rings is 1. The molecule has 3 rings (SSSR count). The molecule has 0 radical (unpaired) electrons. The van der Waals surface area contributed by atoms with Crippen LogP contribution in [-0.4, -0.2) is 15.2 Å². The van der Waals surface area contributed by atoms with Gasteiger partial charge in [0, 0.05) is 11.1 Å². The Morgan fingerprint density at radius 1 is 0.810 bits per heavy atom. The van der Waals surface area contributed by atoms with Gasteiger partial charge in [-0.05, 0) is 56.2 Å². The van der Waals surface area contributed by atoms with Crippen molar-refractivity contribution in [1.29, 1.82) is 0 Å². The van der Waals surface area contributed by atoms with Crippen LogP contribution in [0.5, 0.6) is 11.5 Å². The number of rotatable bonds is 0. The molecule has 0 saturated heterocycles. The van der Waals surface area contributed by atoms with Crippen LogP contribution in [0.2, 0.25) is 0 Å². The van der Waals surface area contributed by atoms with Gasteiger partial charge in [-0.3, -0.25) is 0 Å². The molecule has 21 heavy (non-hydrogen) atoms. The van der Waals surface area contributed by atoms with Gasteiger partial charge in [0.05, 0.1) is 0 Å². The van der Waals surface area contributed by atoms with Gasteiger partial charge in [-0.15, -0.1) is 0 Å². The number of phenols is 2. The highest BCUT2D eigenvalue weighted by molar-refractivity contribution is 5.84. The molecule has 2 N–H and O–H groups in total. The van der Waals surface area contributed by atoms with Crippen LogP contribution < -0.4 is 0 Å². The van der Waals surface area contributed by atoms with E-state index in [0.29, 0.717) is 11.3 Å². The number of para-hydroxylation sites is 1. The van der Waals surface area contributed by atoms with Gasteiger partial charge >= 0.3 is 0 Å². The molecule has 0 saturated carbocycles. The summed E-state index contributed by atoms with van der Waals surface area (Å²) < 4.78 is 0. The summed E-state index contributed by atoms with van der Waals surface area (Å²) >= 11 is 0. The van der Waals surface area contributed by atoms with E-state index in [1.165, 1.54) is 5.56 Å². The van der Waals surface area contributed by atoms with Crippen molar-refractivity contribution in [3.63, 3.8) is 0 Å². The van der Waals surface area contributed by atoms with Crippen LogP contribution >= 0.6 is 0 Å². The van der Waals surface area contributed by atoms with E-state index >= 15 is 0 Å². The molecule has 0 spiro atoms. The standard InChI is InChI=1S/C10H9NO.C8H10O/c1-7-5-6-8-3-2-4-9(12)10(8)11-7;1-6-3-4-8(9)5-7(6)2/h2-6,12H,1H3;3-5,9H,1-2H3. The second-order valence-electron chi connectivity index (χ2n) is 5.07. The quantitative estimate of drug-likeness (QED) is 0.647. The van der Waals surface area contributed by atoms with Crippen LogP contribution in [0.25, 0.3) is 10.9 Å². The minimum Gasteiger partial charge on any atom is -0.508 e. The van der Waals surface area contributed by atoms with Crippen LogP contribution in [0.15, 0.2) is 48.5 Å². The van der Waals surface area contributed by atoms with E-state index in [9.17, 15) is 5.11 Å². The van der Waals surface area contributed by atoms with Crippen molar-refractivity contribution in [2.24, 2.45) is 0 Å². The van der Waals surface area contributed by atoms with Crippen molar-refractivity contribution < 1.29 is 10.2 Å². The van der Waals surface area contributed by atoms with Crippen LogP contribution in [0.1, 0.15) is 16.8 Å². The number of aromatic hydroxyl groups is 2. The van der Waals surface area contributed by atoms with Crippen molar-refractivity contribution in [3.8, 4) is 11.5 Å². The summed E-state index contributed by atoms with van der Waals surface area (Å²) in [5.74, 6) is 0.592. The van der Waals surface area contributed by atoms with Gasteiger partial charge in [0.2, 0.25) is 0 Å². The van der Waals surface area contributed by atoms with Gasteiger partial charge in [0.25, 0.3) is 0 Å². The molecule has 0 bridgehead atoms. The Balaban J connectivity index is 0.000000161. The van der Waals surface area contributed by atoms with E-state index in [2.05, 4.69) is 4.98 Å². The third-order valence-corrected chi connectivity index (χ3v) is 3.33. The van der Waals surface area contributed by atoms with E-state index in [1.54, 1.807) is 18.2 Å². The summed E-state index contributed by atoms with van der Waals surface area (Å²) in [5, 5.41) is 19.3. The van der Waals surface area contributed by atoms with Gasteiger partial charge in [-0.25, -0.2) is 4.98 Å². The monoisotopic (exact) mass is 281 g/mol. The normalized spacial score (nSPS) is 10.0. The molecule has 0 atom stereocenters. The fourth-order valence-electron chi connectivity index (χ4n) is 1.95. The first kappa shape index (κ1) is 14.9. The van der Waals surface area contributed by atoms with Crippen molar-refractivity contribution in [1.82, 2.24) is 4.98 Å². The predicted octanol–water partition coefficient (Wildman–Crippen LogP) is 4.26. The lowest BCUT2D eigenvalue weighted by atomic mass is 10.1. The van der Waals surface area contributed by atoms with Crippen LogP contribution in [0.3, 0.4) is 0 Å². The van der Waals surface area contributed by atoms with Crippen LogP contribution in [-0.2, 0) is 0 Å². The van der Waals surface area contributed by atoms with Crippen molar-refractivity contribution in [3.05, 3.63) is 65.4 Å². The van der Waals surface area contributed by atoms with Crippen molar-refractivity contribution in [2.45, 2.75) is 20.8 Å². The lowest BCUT2D eigenvalue weighted by Gasteiger charge is -1.99. The first-order valence-electron chi connectivity index (χ1n) is 6.79. The van der Waals surface area contributed by atoms with Crippen LogP contribution in [0, 0.1) is 20.8 Å². The zero-order valence-electron chi connectivity index (χ0n) is 12.5. The molecule has 0 aliphatic heterocycles. The molecule has 3 nitrogen and oxygen atoms in total. The molecule has 0 fully saturated rings. The highest BCUT2D eigenvalue weighted by Crippen LogP contribution is 2.21. The molecule has 0 unspecified atom stereocenters. The maximum Gasteiger partial charge on any atom is 0.141 e.